The van der Waals surface area contributed by atoms with Gasteiger partial charge in [-0.25, -0.2) is 9.48 Å². The summed E-state index contributed by atoms with van der Waals surface area (Å²) in [5, 5.41) is 17.1. The summed E-state index contributed by atoms with van der Waals surface area (Å²) in [5.41, 5.74) is 0.641. The molecule has 1 amide bonds. The van der Waals surface area contributed by atoms with Gasteiger partial charge in [-0.2, -0.15) is 5.10 Å². The number of aliphatic carboxylic acids is 1. The van der Waals surface area contributed by atoms with Crippen molar-refractivity contribution in [2.24, 2.45) is 0 Å². The lowest BCUT2D eigenvalue weighted by Gasteiger charge is -2.25. The predicted molar refractivity (Wildman–Crippen MR) is 89.6 cm³/mol. The minimum absolute atomic E-state index is 0.373. The molecule has 1 aliphatic carbocycles. The van der Waals surface area contributed by atoms with E-state index in [1.54, 1.807) is 35.9 Å². The van der Waals surface area contributed by atoms with Crippen LogP contribution in [0.2, 0.25) is 5.02 Å². The van der Waals surface area contributed by atoms with E-state index in [4.69, 9.17) is 11.6 Å². The maximum Gasteiger partial charge on any atom is 0.329 e. The van der Waals surface area contributed by atoms with Gasteiger partial charge in [-0.15, -0.1) is 0 Å². The Bertz CT molecular complexity index is 777. The molecule has 0 radical (unpaired) electrons. The van der Waals surface area contributed by atoms with Crippen molar-refractivity contribution in [3.8, 4) is 5.69 Å². The molecule has 126 valence electrons. The van der Waals surface area contributed by atoms with Gasteiger partial charge >= 0.3 is 5.97 Å². The standard InChI is InChI=1S/C17H18ClN3O3/c1-11-14(10-19-21(11)13-6-4-12(18)5-7-13)15(22)20-17(16(23)24)8-2-3-9-17/h4-7,10H,2-3,8-9H2,1H3,(H,20,22)(H,23,24). The van der Waals surface area contributed by atoms with E-state index in [0.29, 0.717) is 29.1 Å². The normalized spacial score (nSPS) is 16.1. The van der Waals surface area contributed by atoms with E-state index < -0.39 is 17.4 Å². The van der Waals surface area contributed by atoms with Crippen molar-refractivity contribution in [1.29, 1.82) is 0 Å². The van der Waals surface area contributed by atoms with Crippen LogP contribution in [0.4, 0.5) is 0 Å². The number of rotatable bonds is 4. The average molecular weight is 348 g/mol. The minimum Gasteiger partial charge on any atom is -0.480 e. The molecule has 0 aliphatic heterocycles. The van der Waals surface area contributed by atoms with Crippen molar-refractivity contribution in [2.75, 3.05) is 0 Å². The van der Waals surface area contributed by atoms with E-state index in [1.165, 1.54) is 6.20 Å². The number of carbonyl (C=O) groups excluding carboxylic acids is 1. The molecule has 1 fully saturated rings. The molecular weight excluding hydrogens is 330 g/mol. The number of carboxylic acid groups (broad SMARTS) is 1. The summed E-state index contributed by atoms with van der Waals surface area (Å²) in [6.45, 7) is 1.78. The van der Waals surface area contributed by atoms with E-state index >= 15 is 0 Å². The number of amides is 1. The molecule has 1 aromatic heterocycles. The first-order chi connectivity index (χ1) is 11.4. The van der Waals surface area contributed by atoms with Gasteiger partial charge in [-0.3, -0.25) is 4.79 Å². The Morgan fingerprint density at radius 2 is 1.88 bits per heavy atom. The van der Waals surface area contributed by atoms with Crippen molar-refractivity contribution in [3.63, 3.8) is 0 Å². The summed E-state index contributed by atoms with van der Waals surface area (Å²) in [6, 6.07) is 7.10. The van der Waals surface area contributed by atoms with Gasteiger partial charge in [0.25, 0.3) is 5.91 Å². The van der Waals surface area contributed by atoms with Gasteiger partial charge in [0.05, 0.1) is 23.1 Å². The number of nitrogens with one attached hydrogen (secondary N) is 1. The van der Waals surface area contributed by atoms with Crippen molar-refractivity contribution < 1.29 is 14.7 Å². The summed E-state index contributed by atoms with van der Waals surface area (Å²) in [6.07, 6.45) is 3.98. The molecule has 1 saturated carbocycles. The summed E-state index contributed by atoms with van der Waals surface area (Å²) >= 11 is 5.89. The van der Waals surface area contributed by atoms with Gasteiger partial charge < -0.3 is 10.4 Å². The second-order valence-electron chi connectivity index (χ2n) is 6.08. The molecule has 0 spiro atoms. The molecule has 1 heterocycles. The SMILES string of the molecule is Cc1c(C(=O)NC2(C(=O)O)CCCC2)cnn1-c1ccc(Cl)cc1. The number of benzene rings is 1. The maximum absolute atomic E-state index is 12.6. The first-order valence-corrected chi connectivity index (χ1v) is 8.17. The van der Waals surface area contributed by atoms with E-state index in [0.717, 1.165) is 18.5 Å². The highest BCUT2D eigenvalue weighted by Crippen LogP contribution is 2.30. The molecule has 1 aliphatic rings. The number of aromatic nitrogens is 2. The number of carboxylic acids is 1. The van der Waals surface area contributed by atoms with Gasteiger partial charge in [0.15, 0.2) is 0 Å². The largest absolute Gasteiger partial charge is 0.480 e. The van der Waals surface area contributed by atoms with Gasteiger partial charge in [-0.1, -0.05) is 24.4 Å². The smallest absolute Gasteiger partial charge is 0.329 e. The molecule has 0 saturated heterocycles. The molecule has 0 atom stereocenters. The molecule has 0 bridgehead atoms. The zero-order valence-corrected chi connectivity index (χ0v) is 14.0. The summed E-state index contributed by atoms with van der Waals surface area (Å²) in [5.74, 6) is -1.38. The fraction of sp³-hybridized carbons (Fsp3) is 0.353. The second-order valence-corrected chi connectivity index (χ2v) is 6.52. The van der Waals surface area contributed by atoms with Crippen LogP contribution < -0.4 is 5.32 Å². The van der Waals surface area contributed by atoms with Crippen LogP contribution in [0.5, 0.6) is 0 Å². The number of hydrogen-bond donors (Lipinski definition) is 2. The minimum atomic E-state index is -1.16. The highest BCUT2D eigenvalue weighted by atomic mass is 35.5. The van der Waals surface area contributed by atoms with Crippen LogP contribution >= 0.6 is 11.6 Å². The quantitative estimate of drug-likeness (QED) is 0.890. The zero-order chi connectivity index (χ0) is 17.3. The molecule has 24 heavy (non-hydrogen) atoms. The third-order valence-corrected chi connectivity index (χ3v) is 4.80. The predicted octanol–water partition coefficient (Wildman–Crippen LogP) is 2.96. The fourth-order valence-corrected chi connectivity index (χ4v) is 3.26. The van der Waals surface area contributed by atoms with Crippen LogP contribution in [0.1, 0.15) is 41.7 Å². The Balaban J connectivity index is 1.86. The maximum atomic E-state index is 12.6. The first kappa shape index (κ1) is 16.5. The Morgan fingerprint density at radius 1 is 1.25 bits per heavy atom. The highest BCUT2D eigenvalue weighted by Gasteiger charge is 2.43. The molecule has 7 heteroatoms. The average Bonchev–Trinajstić information content (AvgIpc) is 3.16. The molecule has 3 rings (SSSR count). The summed E-state index contributed by atoms with van der Waals surface area (Å²) in [4.78, 5) is 24.2. The Labute approximate surface area is 144 Å². The first-order valence-electron chi connectivity index (χ1n) is 7.79. The number of halogens is 1. The molecule has 2 aromatic rings. The van der Waals surface area contributed by atoms with Crippen LogP contribution in [-0.2, 0) is 4.79 Å². The van der Waals surface area contributed by atoms with Crippen LogP contribution in [0.25, 0.3) is 5.69 Å². The number of nitrogens with zero attached hydrogens (tertiary/aromatic N) is 2. The van der Waals surface area contributed by atoms with Gasteiger partial charge in [-0.05, 0) is 44.0 Å². The lowest BCUT2D eigenvalue weighted by molar-refractivity contribution is -0.144. The van der Waals surface area contributed by atoms with Crippen molar-refractivity contribution in [2.45, 2.75) is 38.1 Å². The highest BCUT2D eigenvalue weighted by molar-refractivity contribution is 6.30. The monoisotopic (exact) mass is 347 g/mol. The van der Waals surface area contributed by atoms with Crippen LogP contribution in [0.15, 0.2) is 30.5 Å². The molecule has 6 nitrogen and oxygen atoms in total. The molecule has 2 N–H and O–H groups in total. The van der Waals surface area contributed by atoms with Crippen molar-refractivity contribution in [3.05, 3.63) is 46.7 Å². The van der Waals surface area contributed by atoms with E-state index in [1.807, 2.05) is 0 Å². The van der Waals surface area contributed by atoms with Crippen molar-refractivity contribution >= 4 is 23.5 Å². The van der Waals surface area contributed by atoms with E-state index in [2.05, 4.69) is 10.4 Å². The van der Waals surface area contributed by atoms with Gasteiger partial charge in [0, 0.05) is 5.02 Å². The van der Waals surface area contributed by atoms with E-state index in [-0.39, 0.29) is 0 Å². The van der Waals surface area contributed by atoms with Gasteiger partial charge in [0.2, 0.25) is 0 Å². The lowest BCUT2D eigenvalue weighted by Crippen LogP contribution is -2.52. The molecular formula is C17H18ClN3O3. The number of hydrogen-bond acceptors (Lipinski definition) is 3. The Kier molecular flexibility index (Phi) is 4.32. The zero-order valence-electron chi connectivity index (χ0n) is 13.3. The third kappa shape index (κ3) is 2.89. The van der Waals surface area contributed by atoms with E-state index in [9.17, 15) is 14.7 Å². The molecule has 1 aromatic carbocycles. The van der Waals surface area contributed by atoms with Crippen LogP contribution in [0, 0.1) is 6.92 Å². The number of carbonyl (C=O) groups is 2. The van der Waals surface area contributed by atoms with Gasteiger partial charge in [0.1, 0.15) is 5.54 Å². The Morgan fingerprint density at radius 3 is 2.46 bits per heavy atom. The fourth-order valence-electron chi connectivity index (χ4n) is 3.13. The summed E-state index contributed by atoms with van der Waals surface area (Å²) < 4.78 is 1.63. The summed E-state index contributed by atoms with van der Waals surface area (Å²) in [7, 11) is 0. The molecule has 0 unspecified atom stereocenters. The second kappa shape index (κ2) is 6.28. The Hall–Kier alpha value is -2.34. The van der Waals surface area contributed by atoms with Crippen molar-refractivity contribution in [1.82, 2.24) is 15.1 Å². The third-order valence-electron chi connectivity index (χ3n) is 4.54. The van der Waals surface area contributed by atoms with Crippen LogP contribution in [0.3, 0.4) is 0 Å². The topological polar surface area (TPSA) is 84.2 Å². The van der Waals surface area contributed by atoms with Crippen LogP contribution in [-0.4, -0.2) is 32.3 Å². The lowest BCUT2D eigenvalue weighted by atomic mass is 9.97.